The molecule has 118 valence electrons. The van der Waals surface area contributed by atoms with Gasteiger partial charge >= 0.3 is 6.04 Å². The normalized spacial score (nSPS) is 12.2. The highest BCUT2D eigenvalue weighted by Gasteiger charge is 2.10. The number of unbranched alkanes of at least 4 members (excludes halogenated alkanes) is 1. The van der Waals surface area contributed by atoms with E-state index >= 15 is 0 Å². The highest BCUT2D eigenvalue weighted by Crippen LogP contribution is 2.08. The third-order valence-electron chi connectivity index (χ3n) is 2.73. The second-order valence-corrected chi connectivity index (χ2v) is 4.72. The molecule has 1 amide bonds. The predicted octanol–water partition coefficient (Wildman–Crippen LogP) is 1.85. The average molecular weight is 291 g/mol. The molecular weight excluding hydrogens is 265 g/mol. The van der Waals surface area contributed by atoms with Crippen molar-refractivity contribution in [1.29, 1.82) is 0 Å². The Morgan fingerprint density at radius 3 is 2.50 bits per heavy atom. The van der Waals surface area contributed by atoms with Crippen LogP contribution in [0.5, 0.6) is 0 Å². The Bertz CT molecular complexity index is 274. The molecule has 1 N–H and O–H groups in total. The molecule has 0 aliphatic rings. The maximum absolute atomic E-state index is 12.2. The molecule has 0 saturated carbocycles. The summed E-state index contributed by atoms with van der Waals surface area (Å²) in [4.78, 5) is 21.7. The zero-order chi connectivity index (χ0) is 15.2. The van der Waals surface area contributed by atoms with E-state index in [1.165, 1.54) is 0 Å². The summed E-state index contributed by atoms with van der Waals surface area (Å²) in [6.07, 6.45) is 2.91. The second-order valence-electron chi connectivity index (χ2n) is 4.72. The molecule has 0 aromatic rings. The van der Waals surface area contributed by atoms with Gasteiger partial charge in [-0.05, 0) is 19.3 Å². The van der Waals surface area contributed by atoms with Crippen molar-refractivity contribution in [1.82, 2.24) is 5.32 Å². The Morgan fingerprint density at radius 1 is 1.15 bits per heavy atom. The molecule has 1 atom stereocenters. The molecular formula is C14H26FNO4. The number of rotatable bonds is 13. The van der Waals surface area contributed by atoms with Crippen molar-refractivity contribution in [2.24, 2.45) is 5.92 Å². The maximum atomic E-state index is 12.2. The van der Waals surface area contributed by atoms with Gasteiger partial charge in [0.05, 0.1) is 13.2 Å². The Labute approximate surface area is 120 Å². The third-order valence-corrected chi connectivity index (χ3v) is 2.73. The van der Waals surface area contributed by atoms with Crippen LogP contribution >= 0.6 is 0 Å². The zero-order valence-electron chi connectivity index (χ0n) is 12.5. The lowest BCUT2D eigenvalue weighted by atomic mass is 10.1. The minimum atomic E-state index is -1.27. The molecule has 5 nitrogen and oxygen atoms in total. The first-order valence-electron chi connectivity index (χ1n) is 7.19. The van der Waals surface area contributed by atoms with Crippen molar-refractivity contribution >= 4 is 11.9 Å². The van der Waals surface area contributed by atoms with Gasteiger partial charge in [0.15, 0.2) is 0 Å². The van der Waals surface area contributed by atoms with E-state index in [0.29, 0.717) is 39.2 Å². The SMILES string of the molecule is CCCOCCOCC(=O)NCCCCC(C)C(=O)F. The van der Waals surface area contributed by atoms with Crippen LogP contribution in [0.3, 0.4) is 0 Å². The number of ether oxygens (including phenoxy) is 2. The van der Waals surface area contributed by atoms with Crippen LogP contribution < -0.4 is 5.32 Å². The number of amides is 1. The molecule has 0 aromatic heterocycles. The average Bonchev–Trinajstić information content (AvgIpc) is 2.41. The van der Waals surface area contributed by atoms with E-state index in [0.717, 1.165) is 12.8 Å². The van der Waals surface area contributed by atoms with Gasteiger partial charge in [0, 0.05) is 19.1 Å². The molecule has 1 unspecified atom stereocenters. The number of nitrogens with one attached hydrogen (secondary N) is 1. The number of hydrogen-bond donors (Lipinski definition) is 1. The van der Waals surface area contributed by atoms with Crippen LogP contribution in [0.1, 0.15) is 39.5 Å². The maximum Gasteiger partial charge on any atom is 0.304 e. The number of carbonyl (C=O) groups is 2. The van der Waals surface area contributed by atoms with Crippen molar-refractivity contribution in [3.05, 3.63) is 0 Å². The standard InChI is InChI=1S/C14H26FNO4/c1-3-8-19-9-10-20-11-13(17)16-7-5-4-6-12(2)14(15)18/h12H,3-11H2,1-2H3,(H,16,17). The molecule has 0 heterocycles. The fourth-order valence-corrected chi connectivity index (χ4v) is 1.50. The number of carbonyl (C=O) groups excluding carboxylic acids is 2. The van der Waals surface area contributed by atoms with Crippen molar-refractivity contribution in [2.45, 2.75) is 39.5 Å². The van der Waals surface area contributed by atoms with E-state index in [4.69, 9.17) is 9.47 Å². The van der Waals surface area contributed by atoms with Crippen LogP contribution in [-0.2, 0) is 19.1 Å². The summed E-state index contributed by atoms with van der Waals surface area (Å²) in [6.45, 7) is 5.74. The van der Waals surface area contributed by atoms with E-state index in [2.05, 4.69) is 5.32 Å². The highest BCUT2D eigenvalue weighted by atomic mass is 19.1. The molecule has 0 fully saturated rings. The molecule has 0 bridgehead atoms. The molecule has 0 radical (unpaired) electrons. The van der Waals surface area contributed by atoms with E-state index in [1.807, 2.05) is 6.92 Å². The lowest BCUT2D eigenvalue weighted by Crippen LogP contribution is -2.29. The fourth-order valence-electron chi connectivity index (χ4n) is 1.50. The quantitative estimate of drug-likeness (QED) is 0.415. The van der Waals surface area contributed by atoms with Crippen LogP contribution in [-0.4, -0.2) is 44.9 Å². The van der Waals surface area contributed by atoms with Gasteiger partial charge < -0.3 is 14.8 Å². The molecule has 0 saturated heterocycles. The van der Waals surface area contributed by atoms with Gasteiger partial charge in [0.25, 0.3) is 0 Å². The fraction of sp³-hybridized carbons (Fsp3) is 0.857. The molecule has 6 heteroatoms. The molecule has 0 rings (SSSR count). The summed E-state index contributed by atoms with van der Waals surface area (Å²) in [6, 6.07) is -1.27. The van der Waals surface area contributed by atoms with Crippen molar-refractivity contribution < 1.29 is 23.5 Å². The van der Waals surface area contributed by atoms with Crippen molar-refractivity contribution in [3.63, 3.8) is 0 Å². The van der Waals surface area contributed by atoms with Gasteiger partial charge in [-0.25, -0.2) is 0 Å². The van der Waals surface area contributed by atoms with Crippen molar-refractivity contribution in [2.75, 3.05) is 33.0 Å². The summed E-state index contributed by atoms with van der Waals surface area (Å²) < 4.78 is 22.6. The smallest absolute Gasteiger partial charge is 0.304 e. The topological polar surface area (TPSA) is 64.6 Å². The van der Waals surface area contributed by atoms with Crippen LogP contribution in [0.4, 0.5) is 4.39 Å². The minimum absolute atomic E-state index is 0.0227. The Balaban J connectivity index is 3.30. The summed E-state index contributed by atoms with van der Waals surface area (Å²) in [5, 5.41) is 2.70. The van der Waals surface area contributed by atoms with E-state index in [-0.39, 0.29) is 12.5 Å². The monoisotopic (exact) mass is 291 g/mol. The van der Waals surface area contributed by atoms with Gasteiger partial charge in [-0.15, -0.1) is 0 Å². The first kappa shape index (κ1) is 19.0. The first-order valence-corrected chi connectivity index (χ1v) is 7.19. The molecule has 0 aliphatic carbocycles. The van der Waals surface area contributed by atoms with Gasteiger partial charge in [-0.1, -0.05) is 20.3 Å². The van der Waals surface area contributed by atoms with E-state index < -0.39 is 12.0 Å². The minimum Gasteiger partial charge on any atom is -0.379 e. The summed E-state index contributed by atoms with van der Waals surface area (Å²) in [5.74, 6) is -0.715. The predicted molar refractivity (Wildman–Crippen MR) is 74.1 cm³/mol. The van der Waals surface area contributed by atoms with Gasteiger partial charge in [0.2, 0.25) is 5.91 Å². The zero-order valence-corrected chi connectivity index (χ0v) is 12.5. The summed E-state index contributed by atoms with van der Waals surface area (Å²) in [5.41, 5.74) is 0. The van der Waals surface area contributed by atoms with E-state index in [1.54, 1.807) is 6.92 Å². The Kier molecular flexibility index (Phi) is 12.3. The van der Waals surface area contributed by atoms with Gasteiger partial charge in [0.1, 0.15) is 6.61 Å². The molecule has 0 aromatic carbocycles. The van der Waals surface area contributed by atoms with Crippen LogP contribution in [0.2, 0.25) is 0 Å². The van der Waals surface area contributed by atoms with Crippen molar-refractivity contribution in [3.8, 4) is 0 Å². The second kappa shape index (κ2) is 13.0. The van der Waals surface area contributed by atoms with Crippen LogP contribution in [0.25, 0.3) is 0 Å². The third kappa shape index (κ3) is 12.0. The molecule has 0 spiro atoms. The van der Waals surface area contributed by atoms with E-state index in [9.17, 15) is 14.0 Å². The largest absolute Gasteiger partial charge is 0.379 e. The van der Waals surface area contributed by atoms with Crippen LogP contribution in [0, 0.1) is 5.92 Å². The summed E-state index contributed by atoms with van der Waals surface area (Å²) >= 11 is 0. The Morgan fingerprint density at radius 2 is 1.85 bits per heavy atom. The van der Waals surface area contributed by atoms with Gasteiger partial charge in [-0.2, -0.15) is 4.39 Å². The summed E-state index contributed by atoms with van der Waals surface area (Å²) in [7, 11) is 0. The number of hydrogen-bond acceptors (Lipinski definition) is 4. The Hall–Kier alpha value is -1.01. The number of halogens is 1. The lowest BCUT2D eigenvalue weighted by molar-refractivity contribution is -0.133. The van der Waals surface area contributed by atoms with Gasteiger partial charge in [-0.3, -0.25) is 9.59 Å². The highest BCUT2D eigenvalue weighted by molar-refractivity contribution is 5.77. The van der Waals surface area contributed by atoms with Crippen LogP contribution in [0.15, 0.2) is 0 Å². The molecule has 20 heavy (non-hydrogen) atoms. The lowest BCUT2D eigenvalue weighted by Gasteiger charge is -2.07. The first-order chi connectivity index (χ1) is 9.57. The molecule has 0 aliphatic heterocycles.